The summed E-state index contributed by atoms with van der Waals surface area (Å²) in [6.07, 6.45) is 7.22. The van der Waals surface area contributed by atoms with Gasteiger partial charge in [-0.15, -0.1) is 0 Å². The molecule has 0 bridgehead atoms. The molecule has 30 heavy (non-hydrogen) atoms. The van der Waals surface area contributed by atoms with Crippen LogP contribution in [0, 0.1) is 5.92 Å². The maximum absolute atomic E-state index is 13.1. The number of piperazine rings is 1. The SMILES string of the molecule is CCCC(C1CCCNC1)n1ccc2cc(C(=O)N3CCN(C(C)C)CC3)ccc21. The highest BCUT2D eigenvalue weighted by Gasteiger charge is 2.26. The molecule has 5 heteroatoms. The van der Waals surface area contributed by atoms with Crippen molar-refractivity contribution in [1.82, 2.24) is 19.7 Å². The van der Waals surface area contributed by atoms with Gasteiger partial charge >= 0.3 is 0 Å². The van der Waals surface area contributed by atoms with E-state index in [0.29, 0.717) is 18.0 Å². The fraction of sp³-hybridized carbons (Fsp3) is 0.640. The number of hydrogen-bond acceptors (Lipinski definition) is 3. The third-order valence-electron chi connectivity index (χ3n) is 7.12. The summed E-state index contributed by atoms with van der Waals surface area (Å²) in [5, 5.41) is 4.77. The monoisotopic (exact) mass is 410 g/mol. The van der Waals surface area contributed by atoms with Crippen LogP contribution in [0.3, 0.4) is 0 Å². The zero-order valence-corrected chi connectivity index (χ0v) is 18.9. The van der Waals surface area contributed by atoms with Gasteiger partial charge in [-0.1, -0.05) is 13.3 Å². The van der Waals surface area contributed by atoms with Crippen LogP contribution in [0.1, 0.15) is 62.9 Å². The lowest BCUT2D eigenvalue weighted by atomic mass is 9.89. The number of fused-ring (bicyclic) bond motifs is 1. The van der Waals surface area contributed by atoms with Gasteiger partial charge in [-0.2, -0.15) is 0 Å². The number of aromatic nitrogens is 1. The Bertz CT molecular complexity index is 844. The molecule has 2 fully saturated rings. The van der Waals surface area contributed by atoms with Crippen LogP contribution >= 0.6 is 0 Å². The second-order valence-electron chi connectivity index (χ2n) is 9.38. The first-order chi connectivity index (χ1) is 14.6. The van der Waals surface area contributed by atoms with Gasteiger partial charge in [0.2, 0.25) is 0 Å². The molecule has 3 heterocycles. The molecule has 0 spiro atoms. The summed E-state index contributed by atoms with van der Waals surface area (Å²) in [6, 6.07) is 9.59. The number of nitrogens with zero attached hydrogens (tertiary/aromatic N) is 3. The van der Waals surface area contributed by atoms with Crippen molar-refractivity contribution >= 4 is 16.8 Å². The van der Waals surface area contributed by atoms with Gasteiger partial charge in [-0.05, 0) is 76.4 Å². The van der Waals surface area contributed by atoms with E-state index in [2.05, 4.69) is 60.0 Å². The molecule has 2 atom stereocenters. The lowest BCUT2D eigenvalue weighted by Crippen LogP contribution is -2.50. The molecular formula is C25H38N4O. The van der Waals surface area contributed by atoms with Gasteiger partial charge in [0.1, 0.15) is 0 Å². The second kappa shape index (κ2) is 9.52. The molecule has 4 rings (SSSR count). The van der Waals surface area contributed by atoms with Crippen molar-refractivity contribution in [2.75, 3.05) is 39.3 Å². The third kappa shape index (κ3) is 4.42. The van der Waals surface area contributed by atoms with Gasteiger partial charge in [-0.25, -0.2) is 0 Å². The number of hydrogen-bond donors (Lipinski definition) is 1. The van der Waals surface area contributed by atoms with Crippen molar-refractivity contribution < 1.29 is 4.79 Å². The van der Waals surface area contributed by atoms with Crippen LogP contribution in [0.4, 0.5) is 0 Å². The first-order valence-electron chi connectivity index (χ1n) is 11.9. The second-order valence-corrected chi connectivity index (χ2v) is 9.38. The summed E-state index contributed by atoms with van der Waals surface area (Å²) in [5.41, 5.74) is 2.09. The largest absolute Gasteiger partial charge is 0.344 e. The lowest BCUT2D eigenvalue weighted by molar-refractivity contribution is 0.0595. The number of amides is 1. The van der Waals surface area contributed by atoms with Crippen molar-refractivity contribution in [3.63, 3.8) is 0 Å². The smallest absolute Gasteiger partial charge is 0.253 e. The average molecular weight is 411 g/mol. The topological polar surface area (TPSA) is 40.5 Å². The van der Waals surface area contributed by atoms with Gasteiger partial charge < -0.3 is 14.8 Å². The Labute approximate surface area is 181 Å². The molecule has 2 saturated heterocycles. The molecule has 0 radical (unpaired) electrons. The fourth-order valence-corrected chi connectivity index (χ4v) is 5.32. The van der Waals surface area contributed by atoms with Gasteiger partial charge in [0, 0.05) is 60.9 Å². The molecule has 0 aliphatic carbocycles. The van der Waals surface area contributed by atoms with Crippen molar-refractivity contribution in [3.05, 3.63) is 36.0 Å². The van der Waals surface area contributed by atoms with Gasteiger partial charge in [0.05, 0.1) is 0 Å². The van der Waals surface area contributed by atoms with Crippen LogP contribution < -0.4 is 5.32 Å². The third-order valence-corrected chi connectivity index (χ3v) is 7.12. The summed E-state index contributed by atoms with van der Waals surface area (Å²) in [4.78, 5) is 17.6. The fourth-order valence-electron chi connectivity index (χ4n) is 5.32. The normalized spacial score (nSPS) is 22.0. The molecule has 2 aliphatic rings. The van der Waals surface area contributed by atoms with Gasteiger partial charge in [0.25, 0.3) is 5.91 Å². The Morgan fingerprint density at radius 1 is 1.17 bits per heavy atom. The van der Waals surface area contributed by atoms with E-state index in [1.807, 2.05) is 11.0 Å². The lowest BCUT2D eigenvalue weighted by Gasteiger charge is -2.37. The van der Waals surface area contributed by atoms with Crippen LogP contribution in [-0.2, 0) is 0 Å². The molecule has 1 amide bonds. The molecule has 0 saturated carbocycles. The number of rotatable bonds is 6. The summed E-state index contributed by atoms with van der Waals surface area (Å²) < 4.78 is 2.48. The Balaban J connectivity index is 1.52. The minimum Gasteiger partial charge on any atom is -0.344 e. The predicted molar refractivity (Wildman–Crippen MR) is 124 cm³/mol. The highest BCUT2D eigenvalue weighted by atomic mass is 16.2. The first kappa shape index (κ1) is 21.4. The summed E-state index contributed by atoms with van der Waals surface area (Å²) in [7, 11) is 0. The van der Waals surface area contributed by atoms with E-state index in [4.69, 9.17) is 0 Å². The van der Waals surface area contributed by atoms with Crippen LogP contribution in [0.15, 0.2) is 30.5 Å². The quantitative estimate of drug-likeness (QED) is 0.778. The molecule has 164 valence electrons. The minimum atomic E-state index is 0.176. The molecule has 1 N–H and O–H groups in total. The highest BCUT2D eigenvalue weighted by Crippen LogP contribution is 2.32. The van der Waals surface area contributed by atoms with E-state index in [9.17, 15) is 4.79 Å². The summed E-state index contributed by atoms with van der Waals surface area (Å²) in [5.74, 6) is 0.863. The van der Waals surface area contributed by atoms with Gasteiger partial charge in [-0.3, -0.25) is 9.69 Å². The standard InChI is InChI=1S/C25H38N4O/c1-4-6-23(22-7-5-11-26-18-22)29-12-10-20-17-21(8-9-24(20)29)25(30)28-15-13-27(14-16-28)19(2)3/h8-10,12,17,19,22-23,26H,4-7,11,13-16,18H2,1-3H3. The average Bonchev–Trinajstić information content (AvgIpc) is 3.20. The molecule has 2 aromatic rings. The van der Waals surface area contributed by atoms with Crippen LogP contribution in [-0.4, -0.2) is 65.6 Å². The number of carbonyl (C=O) groups is 1. The summed E-state index contributed by atoms with van der Waals surface area (Å²) >= 11 is 0. The number of nitrogens with one attached hydrogen (secondary N) is 1. The van der Waals surface area contributed by atoms with E-state index >= 15 is 0 Å². The zero-order valence-electron chi connectivity index (χ0n) is 18.9. The Kier molecular flexibility index (Phi) is 6.79. The van der Waals surface area contributed by atoms with E-state index in [-0.39, 0.29) is 5.91 Å². The number of benzene rings is 1. The van der Waals surface area contributed by atoms with Crippen LogP contribution in [0.2, 0.25) is 0 Å². The van der Waals surface area contributed by atoms with E-state index in [1.165, 1.54) is 36.6 Å². The van der Waals surface area contributed by atoms with Crippen LogP contribution in [0.25, 0.3) is 10.9 Å². The maximum atomic E-state index is 13.1. The number of carbonyl (C=O) groups excluding carboxylic acids is 1. The van der Waals surface area contributed by atoms with Crippen molar-refractivity contribution in [3.8, 4) is 0 Å². The highest BCUT2D eigenvalue weighted by molar-refractivity contribution is 5.98. The molecule has 2 unspecified atom stereocenters. The van der Waals surface area contributed by atoms with E-state index in [1.54, 1.807) is 0 Å². The summed E-state index contributed by atoms with van der Waals surface area (Å²) in [6.45, 7) is 12.6. The molecule has 5 nitrogen and oxygen atoms in total. The molecule has 2 aliphatic heterocycles. The number of piperidine rings is 1. The molecule has 1 aromatic carbocycles. The van der Waals surface area contributed by atoms with Crippen LogP contribution in [0.5, 0.6) is 0 Å². The maximum Gasteiger partial charge on any atom is 0.253 e. The Morgan fingerprint density at radius 3 is 2.63 bits per heavy atom. The minimum absolute atomic E-state index is 0.176. The van der Waals surface area contributed by atoms with E-state index in [0.717, 1.165) is 44.8 Å². The van der Waals surface area contributed by atoms with Gasteiger partial charge in [0.15, 0.2) is 0 Å². The zero-order chi connectivity index (χ0) is 21.1. The molecular weight excluding hydrogens is 372 g/mol. The molecule has 1 aromatic heterocycles. The Hall–Kier alpha value is -1.85. The van der Waals surface area contributed by atoms with E-state index < -0.39 is 0 Å². The van der Waals surface area contributed by atoms with Crippen molar-refractivity contribution in [1.29, 1.82) is 0 Å². The predicted octanol–water partition coefficient (Wildman–Crippen LogP) is 4.15. The van der Waals surface area contributed by atoms with Crippen molar-refractivity contribution in [2.45, 2.75) is 58.5 Å². The first-order valence-corrected chi connectivity index (χ1v) is 11.9. The Morgan fingerprint density at radius 2 is 1.97 bits per heavy atom. The van der Waals surface area contributed by atoms with Crippen molar-refractivity contribution in [2.24, 2.45) is 5.92 Å².